The van der Waals surface area contributed by atoms with E-state index in [-0.39, 0.29) is 34.8 Å². The number of fused-ring (bicyclic) bond motifs is 2. The van der Waals surface area contributed by atoms with Crippen LogP contribution in [0, 0.1) is 0 Å². The number of β-lactam (4-membered cyclic amide) rings is 1. The maximum atomic E-state index is 13.1. The number of halogens is 3. The number of nitrogens with zero attached hydrogens (tertiary/aromatic N) is 7. The number of aromatic nitrogens is 5. The van der Waals surface area contributed by atoms with Crippen molar-refractivity contribution in [2.24, 2.45) is 5.16 Å². The molecule has 2 aliphatic heterocycles. The number of nitrogens with two attached hydrogens (primary N) is 2. The second-order valence-corrected chi connectivity index (χ2v) is 10.7. The number of imidazole rings is 1. The summed E-state index contributed by atoms with van der Waals surface area (Å²) in [5.74, 6) is -3.21. The number of nitrogen functional groups attached to an aromatic ring is 2. The molecule has 1 fully saturated rings. The van der Waals surface area contributed by atoms with Gasteiger partial charge in [-0.3, -0.25) is 24.6 Å². The highest BCUT2D eigenvalue weighted by atomic mass is 32.2. The largest absolute Gasteiger partial charge is 0.477 e. The zero-order chi connectivity index (χ0) is 31.1. The quantitative estimate of drug-likeness (QED) is 0.0584. The van der Waals surface area contributed by atoms with Crippen LogP contribution in [0.3, 0.4) is 0 Å². The summed E-state index contributed by atoms with van der Waals surface area (Å²) in [7, 11) is 0. The molecular formula is C21H19F3N11O6S2+. The summed E-state index contributed by atoms with van der Waals surface area (Å²) in [5.41, 5.74) is 11.0. The Kier molecular flexibility index (Phi) is 7.79. The molecule has 7 N–H and O–H groups in total. The van der Waals surface area contributed by atoms with Gasteiger partial charge in [-0.2, -0.15) is 22.5 Å². The van der Waals surface area contributed by atoms with Gasteiger partial charge in [-0.15, -0.1) is 11.8 Å². The fourth-order valence-corrected chi connectivity index (χ4v) is 6.05. The Balaban J connectivity index is 1.38. The van der Waals surface area contributed by atoms with E-state index in [1.54, 1.807) is 10.6 Å². The van der Waals surface area contributed by atoms with Crippen LogP contribution in [-0.4, -0.2) is 88.8 Å². The van der Waals surface area contributed by atoms with E-state index in [9.17, 15) is 37.5 Å². The number of carbonyl (C=O) groups is 4. The number of aliphatic carboxylic acids is 1. The molecule has 1 saturated heterocycles. The monoisotopic (exact) mass is 642 g/mol. The second kappa shape index (κ2) is 11.4. The highest BCUT2D eigenvalue weighted by molar-refractivity contribution is 8.00. The molecule has 22 heteroatoms. The molecule has 0 radical (unpaired) electrons. The molecule has 0 aliphatic carbocycles. The third-order valence-corrected chi connectivity index (χ3v) is 7.88. The Morgan fingerprint density at radius 1 is 1.33 bits per heavy atom. The van der Waals surface area contributed by atoms with Crippen molar-refractivity contribution in [1.82, 2.24) is 29.2 Å². The van der Waals surface area contributed by atoms with Crippen molar-refractivity contribution in [3.8, 4) is 0 Å². The number of anilines is 3. The van der Waals surface area contributed by atoms with E-state index in [2.05, 4.69) is 35.1 Å². The summed E-state index contributed by atoms with van der Waals surface area (Å²) in [4.78, 5) is 58.5. The first-order chi connectivity index (χ1) is 20.4. The highest BCUT2D eigenvalue weighted by Gasteiger charge is 2.54. The first kappa shape index (κ1) is 29.5. The lowest BCUT2D eigenvalue weighted by molar-refractivity contribution is -0.662. The summed E-state index contributed by atoms with van der Waals surface area (Å²) in [6.07, 6.45) is -2.80. The zero-order valence-corrected chi connectivity index (χ0v) is 22.9. The molecule has 5 rings (SSSR count). The summed E-state index contributed by atoms with van der Waals surface area (Å²) >= 11 is 1.79. The molecule has 0 bridgehead atoms. The standard InChI is InChI=1S/C21H18F3N11O6S2/c22-21(23,24)6-41-31-12(15-29-20(26)43-32-15)16(37)28-13-17(38)34-14(19(39)40)8(5-42-18(13)34)3-33-4-10(27-7-36)35-11(33)2-1-9(25)30-35/h1-2,4,7,13,18H,3,5-6H2,(H6-,25,26,27,28,29,30,32,36,37,39,40)/p+1/b31-12-/t13-,18-/m1/s1. The zero-order valence-electron chi connectivity index (χ0n) is 21.3. The van der Waals surface area contributed by atoms with Gasteiger partial charge in [0.05, 0.1) is 0 Å². The van der Waals surface area contributed by atoms with Gasteiger partial charge in [0.25, 0.3) is 17.6 Å². The van der Waals surface area contributed by atoms with Gasteiger partial charge < -0.3 is 26.7 Å². The molecule has 3 aromatic heterocycles. The maximum Gasteiger partial charge on any atom is 0.425 e. The summed E-state index contributed by atoms with van der Waals surface area (Å²) < 4.78 is 44.4. The molecule has 17 nitrogen and oxygen atoms in total. The van der Waals surface area contributed by atoms with E-state index >= 15 is 0 Å². The van der Waals surface area contributed by atoms with Crippen LogP contribution >= 0.6 is 23.3 Å². The van der Waals surface area contributed by atoms with Crippen LogP contribution in [-0.2, 0) is 30.6 Å². The van der Waals surface area contributed by atoms with E-state index in [4.69, 9.17) is 11.5 Å². The number of amides is 3. The number of carboxylic acids is 1. The first-order valence-electron chi connectivity index (χ1n) is 11.8. The van der Waals surface area contributed by atoms with Crippen molar-refractivity contribution in [2.75, 3.05) is 29.1 Å². The highest BCUT2D eigenvalue weighted by Crippen LogP contribution is 2.40. The van der Waals surface area contributed by atoms with Gasteiger partial charge in [-0.1, -0.05) is 14.8 Å². The number of alkyl halides is 3. The van der Waals surface area contributed by atoms with Crippen molar-refractivity contribution in [3.05, 3.63) is 35.4 Å². The molecule has 2 aliphatic rings. The Labute approximate surface area is 245 Å². The molecule has 0 saturated carbocycles. The third-order valence-electron chi connectivity index (χ3n) is 5.99. The van der Waals surface area contributed by atoms with Crippen molar-refractivity contribution in [2.45, 2.75) is 24.1 Å². The van der Waals surface area contributed by atoms with Crippen LogP contribution in [0.5, 0.6) is 0 Å². The first-order valence-corrected chi connectivity index (χ1v) is 13.6. The van der Waals surface area contributed by atoms with Gasteiger partial charge in [0.1, 0.15) is 23.7 Å². The van der Waals surface area contributed by atoms with Crippen molar-refractivity contribution in [1.29, 1.82) is 0 Å². The molecule has 43 heavy (non-hydrogen) atoms. The van der Waals surface area contributed by atoms with Crippen LogP contribution in [0.15, 0.2) is 34.8 Å². The molecule has 0 aromatic carbocycles. The molecule has 3 aromatic rings. The fourth-order valence-electron chi connectivity index (χ4n) is 4.28. The lowest BCUT2D eigenvalue weighted by Crippen LogP contribution is -2.71. The lowest BCUT2D eigenvalue weighted by Gasteiger charge is -2.49. The predicted octanol–water partition coefficient (Wildman–Crippen LogP) is -1.07. The Morgan fingerprint density at radius 3 is 2.74 bits per heavy atom. The van der Waals surface area contributed by atoms with Crippen LogP contribution < -0.4 is 26.7 Å². The van der Waals surface area contributed by atoms with Gasteiger partial charge in [-0.25, -0.2) is 9.36 Å². The van der Waals surface area contributed by atoms with Crippen LogP contribution in [0.1, 0.15) is 5.82 Å². The minimum absolute atomic E-state index is 0.0118. The van der Waals surface area contributed by atoms with Crippen LogP contribution in [0.4, 0.5) is 29.9 Å². The van der Waals surface area contributed by atoms with Crippen molar-refractivity contribution < 1.29 is 46.9 Å². The molecule has 0 spiro atoms. The Bertz CT molecular complexity index is 1710. The van der Waals surface area contributed by atoms with Gasteiger partial charge >= 0.3 is 17.8 Å². The minimum Gasteiger partial charge on any atom is -0.477 e. The molecule has 226 valence electrons. The number of hydrogen-bond acceptors (Lipinski definition) is 13. The van der Waals surface area contributed by atoms with Crippen molar-refractivity contribution >= 4 is 75.6 Å². The summed E-state index contributed by atoms with van der Waals surface area (Å²) in [5, 5.41) is 21.2. The minimum atomic E-state index is -4.75. The molecule has 5 heterocycles. The third kappa shape index (κ3) is 5.86. The average Bonchev–Trinajstić information content (AvgIpc) is 3.51. The number of carboxylic acid groups (broad SMARTS) is 1. The smallest absolute Gasteiger partial charge is 0.425 e. The Morgan fingerprint density at radius 2 is 2.09 bits per heavy atom. The van der Waals surface area contributed by atoms with Crippen LogP contribution in [0.25, 0.3) is 5.65 Å². The van der Waals surface area contributed by atoms with Gasteiger partial charge in [0.2, 0.25) is 24.6 Å². The van der Waals surface area contributed by atoms with Crippen LogP contribution in [0.2, 0.25) is 0 Å². The van der Waals surface area contributed by atoms with Crippen molar-refractivity contribution in [3.63, 3.8) is 0 Å². The van der Waals surface area contributed by atoms with E-state index in [1.807, 2.05) is 0 Å². The van der Waals surface area contributed by atoms with Gasteiger partial charge in [0.15, 0.2) is 17.1 Å². The molecular weight excluding hydrogens is 623 g/mol. The number of rotatable bonds is 10. The molecule has 0 unspecified atom stereocenters. The van der Waals surface area contributed by atoms with Gasteiger partial charge in [0, 0.05) is 28.9 Å². The van der Waals surface area contributed by atoms with E-state index in [1.165, 1.54) is 16.8 Å². The number of hydrogen-bond donors (Lipinski definition) is 5. The summed E-state index contributed by atoms with van der Waals surface area (Å²) in [6.45, 7) is -1.82. The maximum absolute atomic E-state index is 13.1. The SMILES string of the molecule is Nc1ccc2n(n1)c(NC=O)c[n+]2CC1=C(C(=O)O)N2C(=O)[C@@H](NC(=O)/C(=N\OCC(F)(F)F)c3nsc(N)n3)[C@H]2SC1. The van der Waals surface area contributed by atoms with E-state index in [0.29, 0.717) is 29.2 Å². The number of oxime groups is 1. The molecule has 3 amide bonds. The predicted molar refractivity (Wildman–Crippen MR) is 142 cm³/mol. The topological polar surface area (TPSA) is 236 Å². The average molecular weight is 643 g/mol. The molecule has 2 atom stereocenters. The lowest BCUT2D eigenvalue weighted by atomic mass is 10.0. The summed E-state index contributed by atoms with van der Waals surface area (Å²) in [6, 6.07) is 1.87. The Hall–Kier alpha value is -4.99. The normalized spacial score (nSPS) is 18.7. The van der Waals surface area contributed by atoms with E-state index in [0.717, 1.165) is 16.7 Å². The van der Waals surface area contributed by atoms with E-state index < -0.39 is 53.5 Å². The second-order valence-electron chi connectivity index (χ2n) is 8.84. The van der Waals surface area contributed by atoms with Gasteiger partial charge in [-0.05, 0) is 6.07 Å². The number of thioether (sulfide) groups is 1. The number of nitrogens with one attached hydrogen (secondary N) is 2. The fraction of sp³-hybridized carbons (Fsp3) is 0.286. The number of carbonyl (C=O) groups excluding carboxylic acids is 3.